The maximum atomic E-state index is 12.5. The van der Waals surface area contributed by atoms with Crippen molar-refractivity contribution < 1.29 is 13.2 Å². The van der Waals surface area contributed by atoms with E-state index < -0.39 is 11.7 Å². The SMILES string of the molecule is FC(F)(F)c1cnc(NCC2CCCCC2)c(Cl)c1. The largest absolute Gasteiger partial charge is 0.417 e. The molecule has 0 radical (unpaired) electrons. The molecule has 0 amide bonds. The Morgan fingerprint density at radius 1 is 1.26 bits per heavy atom. The first-order valence-electron chi connectivity index (χ1n) is 6.43. The molecule has 0 saturated heterocycles. The molecule has 1 heterocycles. The zero-order valence-corrected chi connectivity index (χ0v) is 11.2. The molecule has 106 valence electrons. The summed E-state index contributed by atoms with van der Waals surface area (Å²) in [7, 11) is 0. The van der Waals surface area contributed by atoms with Crippen molar-refractivity contribution in [1.82, 2.24) is 4.98 Å². The van der Waals surface area contributed by atoms with E-state index in [1.165, 1.54) is 19.3 Å². The molecule has 1 aliphatic carbocycles. The number of hydrogen-bond acceptors (Lipinski definition) is 2. The summed E-state index contributed by atoms with van der Waals surface area (Å²) in [4.78, 5) is 3.77. The van der Waals surface area contributed by atoms with E-state index in [2.05, 4.69) is 10.3 Å². The van der Waals surface area contributed by atoms with Crippen molar-refractivity contribution in [2.24, 2.45) is 5.92 Å². The van der Waals surface area contributed by atoms with Crippen molar-refractivity contribution in [2.45, 2.75) is 38.3 Å². The van der Waals surface area contributed by atoms with E-state index in [4.69, 9.17) is 11.6 Å². The zero-order valence-electron chi connectivity index (χ0n) is 10.4. The monoisotopic (exact) mass is 292 g/mol. The number of alkyl halides is 3. The number of hydrogen-bond donors (Lipinski definition) is 1. The number of pyridine rings is 1. The summed E-state index contributed by atoms with van der Waals surface area (Å²) < 4.78 is 37.4. The zero-order chi connectivity index (χ0) is 13.9. The molecule has 1 N–H and O–H groups in total. The minimum atomic E-state index is -4.40. The molecule has 2 nitrogen and oxygen atoms in total. The van der Waals surface area contributed by atoms with Crippen molar-refractivity contribution >= 4 is 17.4 Å². The lowest BCUT2D eigenvalue weighted by molar-refractivity contribution is -0.137. The topological polar surface area (TPSA) is 24.9 Å². The highest BCUT2D eigenvalue weighted by Crippen LogP contribution is 2.32. The van der Waals surface area contributed by atoms with Crippen LogP contribution in [0.25, 0.3) is 0 Å². The van der Waals surface area contributed by atoms with Crippen molar-refractivity contribution in [3.8, 4) is 0 Å². The Balaban J connectivity index is 1.97. The van der Waals surface area contributed by atoms with Crippen LogP contribution in [-0.2, 0) is 6.18 Å². The van der Waals surface area contributed by atoms with Crippen molar-refractivity contribution in [3.63, 3.8) is 0 Å². The molecule has 0 spiro atoms. The average molecular weight is 293 g/mol. The fraction of sp³-hybridized carbons (Fsp3) is 0.615. The molecule has 1 aromatic rings. The van der Waals surface area contributed by atoms with Gasteiger partial charge in [-0.15, -0.1) is 0 Å². The summed E-state index contributed by atoms with van der Waals surface area (Å²) >= 11 is 5.83. The molecular weight excluding hydrogens is 277 g/mol. The summed E-state index contributed by atoms with van der Waals surface area (Å²) in [5.41, 5.74) is -0.819. The van der Waals surface area contributed by atoms with E-state index in [-0.39, 0.29) is 5.02 Å². The van der Waals surface area contributed by atoms with Crippen LogP contribution in [0.1, 0.15) is 37.7 Å². The average Bonchev–Trinajstić information content (AvgIpc) is 2.37. The van der Waals surface area contributed by atoms with Crippen molar-refractivity contribution in [3.05, 3.63) is 22.8 Å². The number of anilines is 1. The first kappa shape index (κ1) is 14.4. The molecule has 0 unspecified atom stereocenters. The Morgan fingerprint density at radius 3 is 2.53 bits per heavy atom. The number of aromatic nitrogens is 1. The second kappa shape index (κ2) is 5.99. The van der Waals surface area contributed by atoms with Crippen LogP contribution in [0.15, 0.2) is 12.3 Å². The fourth-order valence-electron chi connectivity index (χ4n) is 2.36. The molecule has 2 rings (SSSR count). The van der Waals surface area contributed by atoms with Crippen LogP contribution in [0.4, 0.5) is 19.0 Å². The lowest BCUT2D eigenvalue weighted by Crippen LogP contribution is -2.18. The highest BCUT2D eigenvalue weighted by Gasteiger charge is 2.31. The molecule has 0 aromatic carbocycles. The molecule has 1 aromatic heterocycles. The van der Waals surface area contributed by atoms with E-state index in [9.17, 15) is 13.2 Å². The quantitative estimate of drug-likeness (QED) is 0.870. The number of nitrogens with one attached hydrogen (secondary N) is 1. The molecule has 19 heavy (non-hydrogen) atoms. The molecule has 0 atom stereocenters. The highest BCUT2D eigenvalue weighted by atomic mass is 35.5. The fourth-order valence-corrected chi connectivity index (χ4v) is 2.59. The van der Waals surface area contributed by atoms with E-state index >= 15 is 0 Å². The van der Waals surface area contributed by atoms with Gasteiger partial charge in [0.15, 0.2) is 0 Å². The minimum Gasteiger partial charge on any atom is -0.369 e. The smallest absolute Gasteiger partial charge is 0.369 e. The second-order valence-corrected chi connectivity index (χ2v) is 5.34. The first-order valence-corrected chi connectivity index (χ1v) is 6.81. The molecule has 0 aliphatic heterocycles. The van der Waals surface area contributed by atoms with Crippen molar-refractivity contribution in [1.29, 1.82) is 0 Å². The minimum absolute atomic E-state index is 0.0191. The van der Waals surface area contributed by atoms with Gasteiger partial charge in [-0.1, -0.05) is 30.9 Å². The van der Waals surface area contributed by atoms with Gasteiger partial charge in [0.25, 0.3) is 0 Å². The first-order chi connectivity index (χ1) is 8.97. The molecular formula is C13H16ClF3N2. The molecule has 1 fully saturated rings. The lowest BCUT2D eigenvalue weighted by Gasteiger charge is -2.22. The lowest BCUT2D eigenvalue weighted by atomic mass is 9.89. The molecule has 1 saturated carbocycles. The van der Waals surface area contributed by atoms with E-state index in [1.54, 1.807) is 0 Å². The third-order valence-electron chi connectivity index (χ3n) is 3.45. The van der Waals surface area contributed by atoms with Crippen LogP contribution < -0.4 is 5.32 Å². The van der Waals surface area contributed by atoms with Gasteiger partial charge in [-0.3, -0.25) is 0 Å². The predicted octanol–water partition coefficient (Wildman–Crippen LogP) is 4.75. The van der Waals surface area contributed by atoms with Crippen LogP contribution in [-0.4, -0.2) is 11.5 Å². The summed E-state index contributed by atoms with van der Waals surface area (Å²) in [6.45, 7) is 0.720. The van der Waals surface area contributed by atoms with Gasteiger partial charge >= 0.3 is 6.18 Å². The number of nitrogens with zero attached hydrogens (tertiary/aromatic N) is 1. The molecule has 6 heteroatoms. The molecule has 0 bridgehead atoms. The number of rotatable bonds is 3. The second-order valence-electron chi connectivity index (χ2n) is 4.94. The predicted molar refractivity (Wildman–Crippen MR) is 69.3 cm³/mol. The Hall–Kier alpha value is -0.970. The standard InChI is InChI=1S/C13H16ClF3N2/c14-11-6-10(13(15,16)17)8-19-12(11)18-7-9-4-2-1-3-5-9/h6,8-9H,1-5,7H2,(H,18,19). The van der Waals surface area contributed by atoms with Gasteiger partial charge in [-0.05, 0) is 24.8 Å². The summed E-state index contributed by atoms with van der Waals surface area (Å²) in [5, 5.41) is 3.07. The maximum Gasteiger partial charge on any atom is 0.417 e. The highest BCUT2D eigenvalue weighted by molar-refractivity contribution is 6.32. The van der Waals surface area contributed by atoms with Crippen LogP contribution in [0, 0.1) is 5.92 Å². The van der Waals surface area contributed by atoms with E-state index in [1.807, 2.05) is 0 Å². The Kier molecular flexibility index (Phi) is 4.55. The molecule has 1 aliphatic rings. The van der Waals surface area contributed by atoms with Crippen molar-refractivity contribution in [2.75, 3.05) is 11.9 Å². The van der Waals surface area contributed by atoms with Crippen LogP contribution in [0.2, 0.25) is 5.02 Å². The Labute approximate surface area is 115 Å². The van der Waals surface area contributed by atoms with Crippen LogP contribution in [0.5, 0.6) is 0 Å². The summed E-state index contributed by atoms with van der Waals surface area (Å²) in [5.74, 6) is 0.897. The van der Waals surface area contributed by atoms with Gasteiger partial charge in [-0.2, -0.15) is 13.2 Å². The van der Waals surface area contributed by atoms with Gasteiger partial charge in [0, 0.05) is 12.7 Å². The summed E-state index contributed by atoms with van der Waals surface area (Å²) in [6, 6.07) is 0.914. The van der Waals surface area contributed by atoms with Gasteiger partial charge < -0.3 is 5.32 Å². The van der Waals surface area contributed by atoms with Gasteiger partial charge in [-0.25, -0.2) is 4.98 Å². The van der Waals surface area contributed by atoms with E-state index in [0.29, 0.717) is 11.7 Å². The van der Waals surface area contributed by atoms with Crippen LogP contribution >= 0.6 is 11.6 Å². The van der Waals surface area contributed by atoms with E-state index in [0.717, 1.165) is 31.6 Å². The maximum absolute atomic E-state index is 12.5. The normalized spacial score (nSPS) is 17.5. The number of halogens is 4. The summed E-state index contributed by atoms with van der Waals surface area (Å²) in [6.07, 6.45) is 2.45. The Bertz CT molecular complexity index is 428. The third kappa shape index (κ3) is 4.00. The van der Waals surface area contributed by atoms with Gasteiger partial charge in [0.05, 0.1) is 10.6 Å². The van der Waals surface area contributed by atoms with Gasteiger partial charge in [0.2, 0.25) is 0 Å². The Morgan fingerprint density at radius 2 is 1.95 bits per heavy atom. The van der Waals surface area contributed by atoms with Gasteiger partial charge in [0.1, 0.15) is 5.82 Å². The van der Waals surface area contributed by atoms with Crippen LogP contribution in [0.3, 0.4) is 0 Å². The third-order valence-corrected chi connectivity index (χ3v) is 3.74.